The van der Waals surface area contributed by atoms with Gasteiger partial charge < -0.3 is 14.5 Å². The van der Waals surface area contributed by atoms with E-state index in [1.807, 2.05) is 30.3 Å². The van der Waals surface area contributed by atoms with Crippen molar-refractivity contribution in [2.24, 2.45) is 0 Å². The Kier molecular flexibility index (Phi) is 6.01. The van der Waals surface area contributed by atoms with Crippen LogP contribution in [0.2, 0.25) is 0 Å². The van der Waals surface area contributed by atoms with Gasteiger partial charge in [0.1, 0.15) is 5.75 Å². The highest BCUT2D eigenvalue weighted by Crippen LogP contribution is 2.14. The van der Waals surface area contributed by atoms with Crippen LogP contribution >= 0.6 is 0 Å². The molecular formula is C20H20F2N2O3. The molecule has 3 rings (SSSR count). The van der Waals surface area contributed by atoms with Gasteiger partial charge in [0.25, 0.3) is 5.91 Å². The number of ether oxygens (including phenoxy) is 1. The summed E-state index contributed by atoms with van der Waals surface area (Å²) in [6.07, 6.45) is 0.256. The highest BCUT2D eigenvalue weighted by molar-refractivity contribution is 5.94. The summed E-state index contributed by atoms with van der Waals surface area (Å²) in [4.78, 5) is 27.9. The topological polar surface area (TPSA) is 49.9 Å². The maximum Gasteiger partial charge on any atom is 0.254 e. The Morgan fingerprint density at radius 1 is 0.889 bits per heavy atom. The number of hydrogen-bond donors (Lipinski definition) is 0. The molecule has 0 radical (unpaired) electrons. The third kappa shape index (κ3) is 4.81. The first kappa shape index (κ1) is 18.8. The van der Waals surface area contributed by atoms with Crippen LogP contribution in [0.3, 0.4) is 0 Å². The van der Waals surface area contributed by atoms with E-state index in [2.05, 4.69) is 0 Å². The van der Waals surface area contributed by atoms with Crippen molar-refractivity contribution in [3.05, 3.63) is 65.7 Å². The number of amides is 2. The van der Waals surface area contributed by atoms with Gasteiger partial charge in [-0.2, -0.15) is 0 Å². The number of hydrogen-bond acceptors (Lipinski definition) is 3. The average molecular weight is 374 g/mol. The Balaban J connectivity index is 1.45. The number of nitrogens with zero attached hydrogens (tertiary/aromatic N) is 2. The van der Waals surface area contributed by atoms with Gasteiger partial charge in [-0.1, -0.05) is 18.2 Å². The Morgan fingerprint density at radius 3 is 2.22 bits per heavy atom. The molecule has 2 amide bonds. The zero-order chi connectivity index (χ0) is 19.2. The van der Waals surface area contributed by atoms with Crippen LogP contribution in [0.4, 0.5) is 8.78 Å². The first-order chi connectivity index (χ1) is 13.0. The van der Waals surface area contributed by atoms with Crippen molar-refractivity contribution in [3.63, 3.8) is 0 Å². The van der Waals surface area contributed by atoms with E-state index < -0.39 is 11.6 Å². The SMILES string of the molecule is O=C(CCOc1ccccc1)N1CCN(C(=O)c2ccc(F)c(F)c2)CC1. The molecule has 1 aliphatic rings. The molecule has 1 saturated heterocycles. The maximum atomic E-state index is 13.3. The van der Waals surface area contributed by atoms with Crippen LogP contribution in [-0.2, 0) is 4.79 Å². The molecule has 1 aliphatic heterocycles. The van der Waals surface area contributed by atoms with Gasteiger partial charge in [-0.25, -0.2) is 8.78 Å². The Labute approximate surface area is 156 Å². The molecule has 0 atom stereocenters. The fraction of sp³-hybridized carbons (Fsp3) is 0.300. The highest BCUT2D eigenvalue weighted by atomic mass is 19.2. The predicted molar refractivity (Wildman–Crippen MR) is 95.4 cm³/mol. The summed E-state index contributed by atoms with van der Waals surface area (Å²) in [6.45, 7) is 1.79. The van der Waals surface area contributed by atoms with Crippen molar-refractivity contribution >= 4 is 11.8 Å². The number of benzene rings is 2. The van der Waals surface area contributed by atoms with Gasteiger partial charge in [0.15, 0.2) is 11.6 Å². The number of rotatable bonds is 5. The lowest BCUT2D eigenvalue weighted by molar-refractivity contribution is -0.133. The summed E-state index contributed by atoms with van der Waals surface area (Å²) in [5.74, 6) is -1.72. The van der Waals surface area contributed by atoms with E-state index in [1.54, 1.807) is 4.90 Å². The smallest absolute Gasteiger partial charge is 0.254 e. The Bertz CT molecular complexity index is 806. The zero-order valence-corrected chi connectivity index (χ0v) is 14.7. The summed E-state index contributed by atoms with van der Waals surface area (Å²) < 4.78 is 31.8. The van der Waals surface area contributed by atoms with Gasteiger partial charge in [0.2, 0.25) is 5.91 Å². The molecule has 27 heavy (non-hydrogen) atoms. The minimum absolute atomic E-state index is 0.0362. The molecule has 0 bridgehead atoms. The quantitative estimate of drug-likeness (QED) is 0.809. The Hall–Kier alpha value is -2.96. The first-order valence-corrected chi connectivity index (χ1v) is 8.74. The second-order valence-corrected chi connectivity index (χ2v) is 6.21. The summed E-state index contributed by atoms with van der Waals surface area (Å²) in [5, 5.41) is 0. The van der Waals surface area contributed by atoms with Crippen LogP contribution in [0.15, 0.2) is 48.5 Å². The molecule has 0 spiro atoms. The van der Waals surface area contributed by atoms with Gasteiger partial charge in [-0.15, -0.1) is 0 Å². The lowest BCUT2D eigenvalue weighted by atomic mass is 10.1. The molecule has 1 fully saturated rings. The number of para-hydroxylation sites is 1. The zero-order valence-electron chi connectivity index (χ0n) is 14.7. The van der Waals surface area contributed by atoms with Crippen LogP contribution < -0.4 is 4.74 Å². The van der Waals surface area contributed by atoms with Crippen LogP contribution in [0.5, 0.6) is 5.75 Å². The fourth-order valence-electron chi connectivity index (χ4n) is 2.90. The largest absolute Gasteiger partial charge is 0.493 e. The highest BCUT2D eigenvalue weighted by Gasteiger charge is 2.25. The number of piperazine rings is 1. The van der Waals surface area contributed by atoms with E-state index >= 15 is 0 Å². The van der Waals surface area contributed by atoms with Gasteiger partial charge in [0.05, 0.1) is 13.0 Å². The molecule has 2 aromatic rings. The molecule has 1 heterocycles. The molecule has 0 N–H and O–H groups in total. The van der Waals surface area contributed by atoms with Crippen LogP contribution in [-0.4, -0.2) is 54.4 Å². The van der Waals surface area contributed by atoms with Crippen molar-refractivity contribution in [1.29, 1.82) is 0 Å². The Morgan fingerprint density at radius 2 is 1.56 bits per heavy atom. The number of carbonyl (C=O) groups is 2. The van der Waals surface area contributed by atoms with E-state index in [-0.39, 0.29) is 30.4 Å². The van der Waals surface area contributed by atoms with Crippen LogP contribution in [0, 0.1) is 11.6 Å². The molecule has 0 aromatic heterocycles. The first-order valence-electron chi connectivity index (χ1n) is 8.74. The van der Waals surface area contributed by atoms with Crippen LogP contribution in [0.25, 0.3) is 0 Å². The third-order valence-corrected chi connectivity index (χ3v) is 4.41. The fourth-order valence-corrected chi connectivity index (χ4v) is 2.90. The molecule has 7 heteroatoms. The van der Waals surface area contributed by atoms with Crippen molar-refractivity contribution in [1.82, 2.24) is 9.80 Å². The molecule has 0 saturated carbocycles. The van der Waals surface area contributed by atoms with E-state index in [0.29, 0.717) is 31.9 Å². The number of carbonyl (C=O) groups excluding carboxylic acids is 2. The second-order valence-electron chi connectivity index (χ2n) is 6.21. The van der Waals surface area contributed by atoms with Crippen molar-refractivity contribution < 1.29 is 23.1 Å². The van der Waals surface area contributed by atoms with Crippen molar-refractivity contribution in [2.75, 3.05) is 32.8 Å². The molecule has 0 aliphatic carbocycles. The van der Waals surface area contributed by atoms with Crippen molar-refractivity contribution in [3.8, 4) is 5.75 Å². The normalized spacial score (nSPS) is 14.1. The minimum atomic E-state index is -1.05. The summed E-state index contributed by atoms with van der Waals surface area (Å²) in [7, 11) is 0. The van der Waals surface area contributed by atoms with Gasteiger partial charge in [-0.3, -0.25) is 9.59 Å². The molecule has 0 unspecified atom stereocenters. The summed E-state index contributed by atoms with van der Waals surface area (Å²) in [5.41, 5.74) is 0.102. The monoisotopic (exact) mass is 374 g/mol. The molecular weight excluding hydrogens is 354 g/mol. The standard InChI is InChI=1S/C20H20F2N2O3/c21-17-7-6-15(14-18(17)22)20(26)24-11-9-23(10-12-24)19(25)8-13-27-16-4-2-1-3-5-16/h1-7,14H,8-13H2. The number of halogens is 2. The molecule has 5 nitrogen and oxygen atoms in total. The second kappa shape index (κ2) is 8.62. The van der Waals surface area contributed by atoms with E-state index in [4.69, 9.17) is 4.74 Å². The summed E-state index contributed by atoms with van der Waals surface area (Å²) in [6, 6.07) is 12.4. The molecule has 2 aromatic carbocycles. The predicted octanol–water partition coefficient (Wildman–Crippen LogP) is 2.72. The van der Waals surface area contributed by atoms with E-state index in [1.165, 1.54) is 11.0 Å². The lowest BCUT2D eigenvalue weighted by Crippen LogP contribution is -2.50. The van der Waals surface area contributed by atoms with E-state index in [9.17, 15) is 18.4 Å². The minimum Gasteiger partial charge on any atom is -0.493 e. The van der Waals surface area contributed by atoms with Gasteiger partial charge in [0, 0.05) is 31.7 Å². The maximum absolute atomic E-state index is 13.3. The third-order valence-electron chi connectivity index (χ3n) is 4.41. The van der Waals surface area contributed by atoms with Crippen LogP contribution in [0.1, 0.15) is 16.8 Å². The summed E-state index contributed by atoms with van der Waals surface area (Å²) >= 11 is 0. The van der Waals surface area contributed by atoms with E-state index in [0.717, 1.165) is 12.1 Å². The van der Waals surface area contributed by atoms with Gasteiger partial charge in [-0.05, 0) is 30.3 Å². The average Bonchev–Trinajstić information content (AvgIpc) is 2.70. The van der Waals surface area contributed by atoms with Crippen molar-refractivity contribution in [2.45, 2.75) is 6.42 Å². The lowest BCUT2D eigenvalue weighted by Gasteiger charge is -2.34. The molecule has 142 valence electrons. The van der Waals surface area contributed by atoms with Gasteiger partial charge >= 0.3 is 0 Å².